The molecule has 0 saturated heterocycles. The maximum Gasteiger partial charge on any atom is 0.0802 e. The Labute approximate surface area is 114 Å². The zero-order chi connectivity index (χ0) is 13.5. The van der Waals surface area contributed by atoms with Crippen LogP contribution in [0.25, 0.3) is 0 Å². The molecule has 0 bridgehead atoms. The van der Waals surface area contributed by atoms with Gasteiger partial charge in [0.05, 0.1) is 6.10 Å². The molecule has 0 saturated carbocycles. The summed E-state index contributed by atoms with van der Waals surface area (Å²) in [7, 11) is 0. The second-order valence-electron chi connectivity index (χ2n) is 4.56. The number of hydrogen-bond donors (Lipinski definition) is 3. The highest BCUT2D eigenvalue weighted by Crippen LogP contribution is 2.20. The van der Waals surface area contributed by atoms with E-state index < -0.39 is 6.10 Å². The number of aliphatic hydroxyl groups is 1. The molecule has 1 atom stereocenters. The quantitative estimate of drug-likeness (QED) is 0.744. The molecule has 3 nitrogen and oxygen atoms in total. The Morgan fingerprint density at radius 1 is 1.05 bits per heavy atom. The molecule has 19 heavy (non-hydrogen) atoms. The van der Waals surface area contributed by atoms with E-state index in [1.165, 1.54) is 5.56 Å². The molecule has 0 aliphatic carbocycles. The minimum Gasteiger partial charge on any atom is -0.388 e. The standard InChI is InChI=1S/C16H20N2O/c17-10-9-16(19)14-7-4-8-15(11-14)18-12-13-5-2-1-3-6-13/h1-8,11,16,18-19H,9-10,12,17H2. The first-order chi connectivity index (χ1) is 9.29. The Morgan fingerprint density at radius 3 is 2.58 bits per heavy atom. The van der Waals surface area contributed by atoms with Crippen LogP contribution in [0.2, 0.25) is 0 Å². The van der Waals surface area contributed by atoms with E-state index in [0.29, 0.717) is 13.0 Å². The van der Waals surface area contributed by atoms with Gasteiger partial charge in [0.15, 0.2) is 0 Å². The Hall–Kier alpha value is -1.84. The van der Waals surface area contributed by atoms with E-state index in [1.807, 2.05) is 42.5 Å². The van der Waals surface area contributed by atoms with Crippen LogP contribution >= 0.6 is 0 Å². The van der Waals surface area contributed by atoms with Crippen LogP contribution in [-0.4, -0.2) is 11.7 Å². The first kappa shape index (κ1) is 13.6. The zero-order valence-electron chi connectivity index (χ0n) is 10.9. The highest BCUT2D eigenvalue weighted by atomic mass is 16.3. The fourth-order valence-electron chi connectivity index (χ4n) is 1.98. The summed E-state index contributed by atoms with van der Waals surface area (Å²) >= 11 is 0. The van der Waals surface area contributed by atoms with Crippen molar-refractivity contribution in [2.45, 2.75) is 19.1 Å². The van der Waals surface area contributed by atoms with Gasteiger partial charge in [-0.15, -0.1) is 0 Å². The van der Waals surface area contributed by atoms with Crippen LogP contribution in [0.3, 0.4) is 0 Å². The van der Waals surface area contributed by atoms with Gasteiger partial charge in [-0.2, -0.15) is 0 Å². The molecule has 2 aromatic rings. The van der Waals surface area contributed by atoms with E-state index in [0.717, 1.165) is 17.8 Å². The molecule has 0 amide bonds. The average Bonchev–Trinajstić information content (AvgIpc) is 2.47. The van der Waals surface area contributed by atoms with Crippen LogP contribution in [0.5, 0.6) is 0 Å². The number of nitrogens with two attached hydrogens (primary N) is 1. The van der Waals surface area contributed by atoms with Gasteiger partial charge in [0.25, 0.3) is 0 Å². The third-order valence-corrected chi connectivity index (χ3v) is 3.05. The van der Waals surface area contributed by atoms with E-state index in [2.05, 4.69) is 17.4 Å². The van der Waals surface area contributed by atoms with E-state index in [4.69, 9.17) is 5.73 Å². The number of aliphatic hydroxyl groups excluding tert-OH is 1. The molecule has 0 heterocycles. The molecule has 0 aliphatic heterocycles. The fourth-order valence-corrected chi connectivity index (χ4v) is 1.98. The molecule has 4 N–H and O–H groups in total. The Bertz CT molecular complexity index is 499. The molecule has 0 aromatic heterocycles. The summed E-state index contributed by atoms with van der Waals surface area (Å²) in [6.07, 6.45) is 0.103. The van der Waals surface area contributed by atoms with Gasteiger partial charge in [-0.3, -0.25) is 0 Å². The molecule has 2 rings (SSSR count). The molecule has 3 heteroatoms. The first-order valence-electron chi connectivity index (χ1n) is 6.55. The average molecular weight is 256 g/mol. The van der Waals surface area contributed by atoms with Crippen LogP contribution < -0.4 is 11.1 Å². The highest BCUT2D eigenvalue weighted by Gasteiger charge is 2.06. The largest absolute Gasteiger partial charge is 0.388 e. The Morgan fingerprint density at radius 2 is 1.84 bits per heavy atom. The van der Waals surface area contributed by atoms with Crippen LogP contribution in [0.1, 0.15) is 23.7 Å². The van der Waals surface area contributed by atoms with Crippen molar-refractivity contribution < 1.29 is 5.11 Å². The van der Waals surface area contributed by atoms with Crippen molar-refractivity contribution >= 4 is 5.69 Å². The van der Waals surface area contributed by atoms with Crippen molar-refractivity contribution in [3.05, 3.63) is 65.7 Å². The molecule has 100 valence electrons. The summed E-state index contributed by atoms with van der Waals surface area (Å²) in [6, 6.07) is 18.1. The molecular formula is C16H20N2O. The van der Waals surface area contributed by atoms with Crippen molar-refractivity contribution in [2.75, 3.05) is 11.9 Å². The molecule has 1 unspecified atom stereocenters. The van der Waals surface area contributed by atoms with Gasteiger partial charge in [0, 0.05) is 12.2 Å². The summed E-state index contributed by atoms with van der Waals surface area (Å²) in [5.74, 6) is 0. The van der Waals surface area contributed by atoms with Crippen LogP contribution in [0.4, 0.5) is 5.69 Å². The molecule has 2 aromatic carbocycles. The van der Waals surface area contributed by atoms with Crippen LogP contribution in [0, 0.1) is 0 Å². The van der Waals surface area contributed by atoms with Gasteiger partial charge in [0.1, 0.15) is 0 Å². The summed E-state index contributed by atoms with van der Waals surface area (Å²) in [5, 5.41) is 13.3. The number of rotatable bonds is 6. The van der Waals surface area contributed by atoms with Gasteiger partial charge in [-0.25, -0.2) is 0 Å². The normalized spacial score (nSPS) is 12.1. The topological polar surface area (TPSA) is 58.3 Å². The first-order valence-corrected chi connectivity index (χ1v) is 6.55. The molecule has 0 fully saturated rings. The van der Waals surface area contributed by atoms with Crippen molar-refractivity contribution in [3.8, 4) is 0 Å². The van der Waals surface area contributed by atoms with Crippen molar-refractivity contribution in [3.63, 3.8) is 0 Å². The lowest BCUT2D eigenvalue weighted by Gasteiger charge is -2.12. The molecule has 0 radical (unpaired) electrons. The minimum atomic E-state index is -0.483. The van der Waals surface area contributed by atoms with Gasteiger partial charge in [-0.1, -0.05) is 42.5 Å². The molecular weight excluding hydrogens is 236 g/mol. The maximum absolute atomic E-state index is 9.92. The van der Waals surface area contributed by atoms with Crippen molar-refractivity contribution in [1.82, 2.24) is 0 Å². The summed E-state index contributed by atoms with van der Waals surface area (Å²) < 4.78 is 0. The lowest BCUT2D eigenvalue weighted by atomic mass is 10.1. The second-order valence-corrected chi connectivity index (χ2v) is 4.56. The monoisotopic (exact) mass is 256 g/mol. The smallest absolute Gasteiger partial charge is 0.0802 e. The summed E-state index contributed by atoms with van der Waals surface area (Å²) in [4.78, 5) is 0. The van der Waals surface area contributed by atoms with E-state index in [9.17, 15) is 5.11 Å². The Balaban J connectivity index is 1.99. The predicted molar refractivity (Wildman–Crippen MR) is 78.8 cm³/mol. The van der Waals surface area contributed by atoms with Crippen LogP contribution in [0.15, 0.2) is 54.6 Å². The summed E-state index contributed by atoms with van der Waals surface area (Å²) in [5.41, 5.74) is 8.61. The molecule has 0 aliphatic rings. The predicted octanol–water partition coefficient (Wildman–Crippen LogP) is 2.68. The van der Waals surface area contributed by atoms with E-state index in [-0.39, 0.29) is 0 Å². The van der Waals surface area contributed by atoms with E-state index in [1.54, 1.807) is 0 Å². The van der Waals surface area contributed by atoms with Crippen molar-refractivity contribution in [2.24, 2.45) is 5.73 Å². The van der Waals surface area contributed by atoms with Gasteiger partial charge in [-0.05, 0) is 36.2 Å². The second kappa shape index (κ2) is 6.92. The lowest BCUT2D eigenvalue weighted by Crippen LogP contribution is -2.07. The SMILES string of the molecule is NCCC(O)c1cccc(NCc2ccccc2)c1. The zero-order valence-corrected chi connectivity index (χ0v) is 10.9. The van der Waals surface area contributed by atoms with Gasteiger partial charge in [0.2, 0.25) is 0 Å². The molecule has 0 spiro atoms. The lowest BCUT2D eigenvalue weighted by molar-refractivity contribution is 0.170. The van der Waals surface area contributed by atoms with Gasteiger partial charge < -0.3 is 16.2 Å². The van der Waals surface area contributed by atoms with Crippen molar-refractivity contribution in [1.29, 1.82) is 0 Å². The Kier molecular flexibility index (Phi) is 4.95. The highest BCUT2D eigenvalue weighted by molar-refractivity contribution is 5.46. The maximum atomic E-state index is 9.92. The third kappa shape index (κ3) is 4.09. The number of benzene rings is 2. The third-order valence-electron chi connectivity index (χ3n) is 3.05. The van der Waals surface area contributed by atoms with Crippen LogP contribution in [-0.2, 0) is 6.54 Å². The van der Waals surface area contributed by atoms with E-state index >= 15 is 0 Å². The number of nitrogens with one attached hydrogen (secondary N) is 1. The fraction of sp³-hybridized carbons (Fsp3) is 0.250. The van der Waals surface area contributed by atoms with Gasteiger partial charge >= 0.3 is 0 Å². The number of hydrogen-bond acceptors (Lipinski definition) is 3. The minimum absolute atomic E-state index is 0.483. The number of anilines is 1. The summed E-state index contributed by atoms with van der Waals surface area (Å²) in [6.45, 7) is 1.26.